The van der Waals surface area contributed by atoms with Gasteiger partial charge in [0.2, 0.25) is 0 Å². The first-order valence-electron chi connectivity index (χ1n) is 6.96. The van der Waals surface area contributed by atoms with Crippen LogP contribution in [0.4, 0.5) is 0 Å². The van der Waals surface area contributed by atoms with E-state index in [0.717, 1.165) is 30.0 Å². The maximum absolute atomic E-state index is 12.4. The first kappa shape index (κ1) is 15.7. The molecule has 1 aromatic carbocycles. The number of hydrogen-bond donors (Lipinski definition) is 0. The summed E-state index contributed by atoms with van der Waals surface area (Å²) in [5, 5.41) is 0. The van der Waals surface area contributed by atoms with Crippen LogP contribution in [0.3, 0.4) is 0 Å². The van der Waals surface area contributed by atoms with Crippen molar-refractivity contribution in [3.63, 3.8) is 0 Å². The highest BCUT2D eigenvalue weighted by Crippen LogP contribution is 2.25. The number of nitrogens with zero attached hydrogens (tertiary/aromatic N) is 1. The van der Waals surface area contributed by atoms with Gasteiger partial charge in [-0.2, -0.15) is 0 Å². The summed E-state index contributed by atoms with van der Waals surface area (Å²) in [6.45, 7) is 10.6. The average molecular weight is 263 g/mol. The second-order valence-corrected chi connectivity index (χ2v) is 4.99. The Bertz CT molecular complexity index is 423. The van der Waals surface area contributed by atoms with Crippen molar-refractivity contribution in [3.8, 4) is 5.75 Å². The molecular weight excluding hydrogens is 238 g/mol. The molecule has 0 fully saturated rings. The first-order valence-corrected chi connectivity index (χ1v) is 6.96. The van der Waals surface area contributed by atoms with Gasteiger partial charge in [-0.1, -0.05) is 27.7 Å². The number of ether oxygens (including phenoxy) is 1. The number of likely N-dealkylation sites (N-methyl/N-ethyl adjacent to an activating group) is 1. The standard InChI is InChI=1S/C16H25NO2/c1-6-17(7-2)11-16(18)14-9-8-13(19-5)10-15(14)12(3)4/h8-10,12H,6-7,11H2,1-5H3. The molecule has 0 radical (unpaired) electrons. The van der Waals surface area contributed by atoms with Crippen molar-refractivity contribution in [2.75, 3.05) is 26.7 Å². The fourth-order valence-electron chi connectivity index (χ4n) is 2.13. The third kappa shape index (κ3) is 4.06. The van der Waals surface area contributed by atoms with Crippen LogP contribution in [-0.2, 0) is 0 Å². The van der Waals surface area contributed by atoms with Gasteiger partial charge in [-0.25, -0.2) is 0 Å². The van der Waals surface area contributed by atoms with Crippen LogP contribution >= 0.6 is 0 Å². The fourth-order valence-corrected chi connectivity index (χ4v) is 2.13. The van der Waals surface area contributed by atoms with E-state index in [2.05, 4.69) is 32.6 Å². The van der Waals surface area contributed by atoms with Crippen LogP contribution in [0.1, 0.15) is 49.5 Å². The molecule has 0 N–H and O–H groups in total. The van der Waals surface area contributed by atoms with E-state index in [1.165, 1.54) is 0 Å². The molecule has 3 nitrogen and oxygen atoms in total. The quantitative estimate of drug-likeness (QED) is 0.707. The molecule has 0 heterocycles. The zero-order valence-electron chi connectivity index (χ0n) is 12.7. The molecule has 1 rings (SSSR count). The van der Waals surface area contributed by atoms with Crippen LogP contribution in [0, 0.1) is 0 Å². The molecule has 0 spiro atoms. The minimum absolute atomic E-state index is 0.190. The van der Waals surface area contributed by atoms with Crippen molar-refractivity contribution in [3.05, 3.63) is 29.3 Å². The van der Waals surface area contributed by atoms with Gasteiger partial charge in [-0.3, -0.25) is 9.69 Å². The number of Topliss-reactive ketones (excluding diaryl/α,β-unsaturated/α-hetero) is 1. The van der Waals surface area contributed by atoms with Crippen molar-refractivity contribution in [2.45, 2.75) is 33.6 Å². The minimum Gasteiger partial charge on any atom is -0.497 e. The lowest BCUT2D eigenvalue weighted by molar-refractivity contribution is 0.0936. The zero-order chi connectivity index (χ0) is 14.4. The molecule has 0 aliphatic heterocycles. The average Bonchev–Trinajstić information content (AvgIpc) is 2.43. The highest BCUT2D eigenvalue weighted by molar-refractivity contribution is 5.99. The lowest BCUT2D eigenvalue weighted by Gasteiger charge is -2.19. The number of methoxy groups -OCH3 is 1. The summed E-state index contributed by atoms with van der Waals surface area (Å²) < 4.78 is 5.24. The van der Waals surface area contributed by atoms with Gasteiger partial charge in [0.15, 0.2) is 5.78 Å². The largest absolute Gasteiger partial charge is 0.497 e. The number of carbonyl (C=O) groups excluding carboxylic acids is 1. The summed E-state index contributed by atoms with van der Waals surface area (Å²) in [6, 6.07) is 5.72. The van der Waals surface area contributed by atoms with Gasteiger partial charge in [-0.05, 0) is 42.8 Å². The second-order valence-electron chi connectivity index (χ2n) is 4.99. The third-order valence-corrected chi connectivity index (χ3v) is 3.44. The monoisotopic (exact) mass is 263 g/mol. The van der Waals surface area contributed by atoms with Gasteiger partial charge in [0, 0.05) is 5.56 Å². The predicted molar refractivity (Wildman–Crippen MR) is 79.2 cm³/mol. The molecule has 0 amide bonds. The Labute approximate surface area is 116 Å². The highest BCUT2D eigenvalue weighted by Gasteiger charge is 2.16. The Morgan fingerprint density at radius 2 is 1.89 bits per heavy atom. The van der Waals surface area contributed by atoms with Gasteiger partial charge in [0.25, 0.3) is 0 Å². The van der Waals surface area contributed by atoms with Crippen LogP contribution in [0.25, 0.3) is 0 Å². The van der Waals surface area contributed by atoms with Crippen LogP contribution in [0.2, 0.25) is 0 Å². The molecule has 0 saturated carbocycles. The smallest absolute Gasteiger partial charge is 0.177 e. The SMILES string of the molecule is CCN(CC)CC(=O)c1ccc(OC)cc1C(C)C. The van der Waals surface area contributed by atoms with E-state index in [1.54, 1.807) is 7.11 Å². The van der Waals surface area contributed by atoms with Crippen LogP contribution in [0.5, 0.6) is 5.75 Å². The summed E-state index contributed by atoms with van der Waals surface area (Å²) in [4.78, 5) is 14.6. The van der Waals surface area contributed by atoms with E-state index >= 15 is 0 Å². The molecular formula is C16H25NO2. The van der Waals surface area contributed by atoms with Crippen LogP contribution < -0.4 is 4.74 Å². The van der Waals surface area contributed by atoms with E-state index in [1.807, 2.05) is 18.2 Å². The summed E-state index contributed by atoms with van der Waals surface area (Å²) in [6.07, 6.45) is 0. The second kappa shape index (κ2) is 7.29. The van der Waals surface area contributed by atoms with Gasteiger partial charge >= 0.3 is 0 Å². The molecule has 0 aromatic heterocycles. The van der Waals surface area contributed by atoms with Gasteiger partial charge < -0.3 is 4.74 Å². The van der Waals surface area contributed by atoms with Crippen molar-refractivity contribution in [2.24, 2.45) is 0 Å². The number of carbonyl (C=O) groups is 1. The maximum atomic E-state index is 12.4. The topological polar surface area (TPSA) is 29.5 Å². The maximum Gasteiger partial charge on any atom is 0.177 e. The molecule has 0 atom stereocenters. The molecule has 0 aliphatic rings. The van der Waals surface area contributed by atoms with Crippen molar-refractivity contribution < 1.29 is 9.53 Å². The predicted octanol–water partition coefficient (Wildman–Crippen LogP) is 3.34. The Balaban J connectivity index is 3.01. The summed E-state index contributed by atoms with van der Waals surface area (Å²) in [5.41, 5.74) is 1.89. The normalized spacial score (nSPS) is 11.1. The number of benzene rings is 1. The molecule has 0 aliphatic carbocycles. The zero-order valence-corrected chi connectivity index (χ0v) is 12.7. The minimum atomic E-state index is 0.190. The van der Waals surface area contributed by atoms with E-state index in [0.29, 0.717) is 12.5 Å². The van der Waals surface area contributed by atoms with Crippen molar-refractivity contribution in [1.29, 1.82) is 0 Å². The number of hydrogen-bond acceptors (Lipinski definition) is 3. The Morgan fingerprint density at radius 1 is 1.26 bits per heavy atom. The lowest BCUT2D eigenvalue weighted by atomic mass is 9.94. The lowest BCUT2D eigenvalue weighted by Crippen LogP contribution is -2.30. The van der Waals surface area contributed by atoms with E-state index < -0.39 is 0 Å². The summed E-state index contributed by atoms with van der Waals surface area (Å²) in [5.74, 6) is 1.31. The van der Waals surface area contributed by atoms with E-state index in [4.69, 9.17) is 4.74 Å². The Kier molecular flexibility index (Phi) is 6.03. The Morgan fingerprint density at radius 3 is 2.37 bits per heavy atom. The van der Waals surface area contributed by atoms with Gasteiger partial charge in [0.05, 0.1) is 13.7 Å². The molecule has 19 heavy (non-hydrogen) atoms. The highest BCUT2D eigenvalue weighted by atomic mass is 16.5. The fraction of sp³-hybridized carbons (Fsp3) is 0.562. The molecule has 106 valence electrons. The summed E-state index contributed by atoms with van der Waals surface area (Å²) >= 11 is 0. The van der Waals surface area contributed by atoms with E-state index in [9.17, 15) is 4.79 Å². The number of rotatable bonds is 7. The third-order valence-electron chi connectivity index (χ3n) is 3.44. The molecule has 3 heteroatoms. The van der Waals surface area contributed by atoms with Crippen LogP contribution in [0.15, 0.2) is 18.2 Å². The molecule has 1 aromatic rings. The first-order chi connectivity index (χ1) is 9.03. The number of ketones is 1. The van der Waals surface area contributed by atoms with Gasteiger partial charge in [-0.15, -0.1) is 0 Å². The van der Waals surface area contributed by atoms with Gasteiger partial charge in [0.1, 0.15) is 5.75 Å². The summed E-state index contributed by atoms with van der Waals surface area (Å²) in [7, 11) is 1.65. The van der Waals surface area contributed by atoms with Crippen LogP contribution in [-0.4, -0.2) is 37.4 Å². The van der Waals surface area contributed by atoms with Crippen molar-refractivity contribution in [1.82, 2.24) is 4.90 Å². The molecule has 0 unspecified atom stereocenters. The molecule has 0 bridgehead atoms. The Hall–Kier alpha value is -1.35. The van der Waals surface area contributed by atoms with E-state index in [-0.39, 0.29) is 5.78 Å². The molecule has 0 saturated heterocycles. The van der Waals surface area contributed by atoms with Crippen molar-refractivity contribution >= 4 is 5.78 Å².